The molecule has 0 unspecified atom stereocenters. The van der Waals surface area contributed by atoms with Crippen LogP contribution >= 0.6 is 0 Å². The first kappa shape index (κ1) is 17.7. The first-order valence-corrected chi connectivity index (χ1v) is 9.84. The Morgan fingerprint density at radius 1 is 1.03 bits per heavy atom. The van der Waals surface area contributed by atoms with E-state index in [-0.39, 0.29) is 18.1 Å². The van der Waals surface area contributed by atoms with Crippen molar-refractivity contribution < 1.29 is 4.79 Å². The highest BCUT2D eigenvalue weighted by molar-refractivity contribution is 5.78. The lowest BCUT2D eigenvalue weighted by atomic mass is 10.0. The molecule has 1 saturated heterocycles. The van der Waals surface area contributed by atoms with E-state index in [0.717, 1.165) is 42.7 Å². The highest BCUT2D eigenvalue weighted by Gasteiger charge is 2.21. The van der Waals surface area contributed by atoms with Gasteiger partial charge >= 0.3 is 5.69 Å². The van der Waals surface area contributed by atoms with Gasteiger partial charge in [-0.05, 0) is 49.9 Å². The molecule has 3 aromatic heterocycles. The van der Waals surface area contributed by atoms with E-state index in [4.69, 9.17) is 0 Å². The van der Waals surface area contributed by atoms with Crippen LogP contribution in [0.5, 0.6) is 0 Å². The smallest absolute Gasteiger partial charge is 0.341 e. The minimum atomic E-state index is -0.316. The number of carbonyl (C=O) groups is 1. The molecule has 0 bridgehead atoms. The average molecular weight is 390 g/mol. The summed E-state index contributed by atoms with van der Waals surface area (Å²) in [6.07, 6.45) is 5.42. The number of carbonyl (C=O) groups excluding carboxylic acids is 1. The van der Waals surface area contributed by atoms with Gasteiger partial charge in [-0.25, -0.2) is 18.4 Å². The van der Waals surface area contributed by atoms with E-state index in [1.54, 1.807) is 21.8 Å². The molecule has 0 radical (unpaired) electrons. The van der Waals surface area contributed by atoms with Crippen LogP contribution in [0.2, 0.25) is 0 Å². The van der Waals surface area contributed by atoms with E-state index in [0.29, 0.717) is 5.65 Å². The molecule has 0 saturated carbocycles. The van der Waals surface area contributed by atoms with Crippen molar-refractivity contribution in [2.24, 2.45) is 0 Å². The number of nitrogens with zero attached hydrogens (tertiary/aromatic N) is 6. The highest BCUT2D eigenvalue weighted by atomic mass is 16.2. The number of hydrogen-bond acceptors (Lipinski definition) is 4. The van der Waals surface area contributed by atoms with E-state index in [1.807, 2.05) is 12.1 Å². The Kier molecular flexibility index (Phi) is 4.01. The van der Waals surface area contributed by atoms with Crippen molar-refractivity contribution in [3.8, 4) is 11.3 Å². The molecule has 4 aromatic rings. The largest absolute Gasteiger partial charge is 0.350 e. The van der Waals surface area contributed by atoms with E-state index < -0.39 is 0 Å². The van der Waals surface area contributed by atoms with Gasteiger partial charge in [-0.1, -0.05) is 12.1 Å². The second-order valence-corrected chi connectivity index (χ2v) is 7.68. The molecule has 4 heterocycles. The van der Waals surface area contributed by atoms with Crippen LogP contribution in [0.1, 0.15) is 24.0 Å². The van der Waals surface area contributed by atoms with Gasteiger partial charge < -0.3 is 4.90 Å². The van der Waals surface area contributed by atoms with Crippen LogP contribution in [0.15, 0.2) is 41.5 Å². The quantitative estimate of drug-likeness (QED) is 0.536. The molecular formula is C21H22N6O2. The third-order valence-corrected chi connectivity index (χ3v) is 5.74. The van der Waals surface area contributed by atoms with Crippen molar-refractivity contribution in [1.29, 1.82) is 0 Å². The van der Waals surface area contributed by atoms with Gasteiger partial charge in [-0.2, -0.15) is 5.10 Å². The number of hydrogen-bond donors (Lipinski definition) is 0. The van der Waals surface area contributed by atoms with E-state index in [9.17, 15) is 9.59 Å². The van der Waals surface area contributed by atoms with Crippen molar-refractivity contribution in [3.63, 3.8) is 0 Å². The molecule has 1 fully saturated rings. The van der Waals surface area contributed by atoms with Gasteiger partial charge in [0.05, 0.1) is 5.69 Å². The first-order valence-electron chi connectivity index (χ1n) is 9.84. The lowest BCUT2D eigenvalue weighted by Crippen LogP contribution is -2.34. The standard InChI is InChI=1S/C21H22N6O2/c1-14-5-6-16(11-15(14)2)17-12-18-20-23-27(13-19(28)24-7-3-4-8-24)21(29)25(20)9-10-26(18)22-17/h5-6,9-12H,3-4,7-8,13H2,1-2H3. The van der Waals surface area contributed by atoms with Crippen molar-refractivity contribution in [1.82, 2.24) is 28.7 Å². The monoisotopic (exact) mass is 390 g/mol. The van der Waals surface area contributed by atoms with Crippen LogP contribution in [-0.2, 0) is 11.3 Å². The van der Waals surface area contributed by atoms with Crippen LogP contribution in [0.4, 0.5) is 0 Å². The lowest BCUT2D eigenvalue weighted by Gasteiger charge is -2.14. The van der Waals surface area contributed by atoms with Crippen molar-refractivity contribution >= 4 is 17.1 Å². The Balaban J connectivity index is 1.57. The second kappa shape index (κ2) is 6.58. The fourth-order valence-corrected chi connectivity index (χ4v) is 3.87. The Bertz CT molecular complexity index is 1310. The van der Waals surface area contributed by atoms with Crippen molar-refractivity contribution in [2.75, 3.05) is 13.1 Å². The van der Waals surface area contributed by atoms with Gasteiger partial charge in [0.1, 0.15) is 12.1 Å². The van der Waals surface area contributed by atoms with Gasteiger partial charge in [0.25, 0.3) is 0 Å². The summed E-state index contributed by atoms with van der Waals surface area (Å²) in [6, 6.07) is 8.15. The number of aryl methyl sites for hydroxylation is 2. The van der Waals surface area contributed by atoms with E-state index in [1.165, 1.54) is 20.2 Å². The van der Waals surface area contributed by atoms with Crippen molar-refractivity contribution in [3.05, 3.63) is 58.3 Å². The first-order chi connectivity index (χ1) is 14.0. The van der Waals surface area contributed by atoms with E-state index >= 15 is 0 Å². The van der Waals surface area contributed by atoms with Crippen LogP contribution in [-0.4, -0.2) is 47.7 Å². The van der Waals surface area contributed by atoms with Crippen LogP contribution < -0.4 is 5.69 Å². The zero-order valence-electron chi connectivity index (χ0n) is 16.5. The van der Waals surface area contributed by atoms with Gasteiger partial charge in [0, 0.05) is 31.0 Å². The maximum absolute atomic E-state index is 12.7. The Morgan fingerprint density at radius 3 is 2.59 bits per heavy atom. The molecule has 0 spiro atoms. The van der Waals surface area contributed by atoms with Gasteiger partial charge in [0.2, 0.25) is 5.91 Å². The third-order valence-electron chi connectivity index (χ3n) is 5.74. The van der Waals surface area contributed by atoms with Crippen LogP contribution in [0.3, 0.4) is 0 Å². The van der Waals surface area contributed by atoms with Gasteiger partial charge in [-0.15, -0.1) is 5.10 Å². The maximum atomic E-state index is 12.7. The molecular weight excluding hydrogens is 368 g/mol. The predicted octanol–water partition coefficient (Wildman–Crippen LogP) is 2.05. The highest BCUT2D eigenvalue weighted by Crippen LogP contribution is 2.23. The normalized spacial score (nSPS) is 14.3. The molecule has 5 rings (SSSR count). The molecule has 8 heteroatoms. The Morgan fingerprint density at radius 2 is 1.83 bits per heavy atom. The number of likely N-dealkylation sites (tertiary alicyclic amines) is 1. The fraction of sp³-hybridized carbons (Fsp3) is 0.333. The molecule has 0 aliphatic carbocycles. The number of aromatic nitrogens is 5. The molecule has 1 aromatic carbocycles. The minimum absolute atomic E-state index is 0.0369. The number of benzene rings is 1. The Hall–Kier alpha value is -3.42. The summed E-state index contributed by atoms with van der Waals surface area (Å²) in [6.45, 7) is 5.63. The molecule has 29 heavy (non-hydrogen) atoms. The molecule has 1 aliphatic rings. The molecule has 0 atom stereocenters. The van der Waals surface area contributed by atoms with Crippen LogP contribution in [0, 0.1) is 13.8 Å². The van der Waals surface area contributed by atoms with Crippen LogP contribution in [0.25, 0.3) is 22.4 Å². The SMILES string of the molecule is Cc1ccc(-c2cc3c4nn(CC(=O)N5CCCC5)c(=O)n4ccn3n2)cc1C. The fourth-order valence-electron chi connectivity index (χ4n) is 3.87. The average Bonchev–Trinajstić information content (AvgIpc) is 3.43. The number of amides is 1. The summed E-state index contributed by atoms with van der Waals surface area (Å²) in [7, 11) is 0. The summed E-state index contributed by atoms with van der Waals surface area (Å²) in [5.74, 6) is -0.0617. The Labute approximate surface area is 167 Å². The zero-order chi connectivity index (χ0) is 20.1. The van der Waals surface area contributed by atoms with E-state index in [2.05, 4.69) is 36.2 Å². The molecule has 0 N–H and O–H groups in total. The number of rotatable bonds is 3. The lowest BCUT2D eigenvalue weighted by molar-refractivity contribution is -0.131. The summed E-state index contributed by atoms with van der Waals surface area (Å²) >= 11 is 0. The van der Waals surface area contributed by atoms with Gasteiger partial charge in [-0.3, -0.25) is 4.79 Å². The summed E-state index contributed by atoms with van der Waals surface area (Å²) in [5.41, 5.74) is 5.17. The summed E-state index contributed by atoms with van der Waals surface area (Å²) < 4.78 is 4.44. The molecule has 1 amide bonds. The molecule has 148 valence electrons. The predicted molar refractivity (Wildman–Crippen MR) is 109 cm³/mol. The summed E-state index contributed by atoms with van der Waals surface area (Å²) in [5, 5.41) is 9.09. The van der Waals surface area contributed by atoms with Gasteiger partial charge in [0.15, 0.2) is 5.65 Å². The maximum Gasteiger partial charge on any atom is 0.350 e. The zero-order valence-corrected chi connectivity index (χ0v) is 16.5. The minimum Gasteiger partial charge on any atom is -0.341 e. The van der Waals surface area contributed by atoms with Crippen molar-refractivity contribution in [2.45, 2.75) is 33.2 Å². The third kappa shape index (κ3) is 2.91. The molecule has 1 aliphatic heterocycles. The topological polar surface area (TPSA) is 76.9 Å². The summed E-state index contributed by atoms with van der Waals surface area (Å²) in [4.78, 5) is 27.0. The molecule has 8 nitrogen and oxygen atoms in total. The second-order valence-electron chi connectivity index (χ2n) is 7.68. The number of fused-ring (bicyclic) bond motifs is 3.